The standard InChI is InChI=1S/C32H32N4O4/c1-22-20-23(2)35-31(34-22)40-29(30(38)39-3)32(25-14-8-5-9-15-25)26-16-10-11-17-27(26)36(28(37)21-33-32)19-18-24-12-6-4-7-13-24/h4-17,20,29,33H,18-19,21H2,1-3H3. The Morgan fingerprint density at radius 2 is 1.57 bits per heavy atom. The van der Waals surface area contributed by atoms with Crippen molar-refractivity contribution in [2.24, 2.45) is 0 Å². The molecule has 2 heterocycles. The molecule has 0 aliphatic carbocycles. The van der Waals surface area contributed by atoms with Crippen molar-refractivity contribution in [1.82, 2.24) is 15.3 Å². The molecule has 2 atom stereocenters. The van der Waals surface area contributed by atoms with Crippen LogP contribution in [0.4, 0.5) is 5.69 Å². The number of amides is 1. The lowest BCUT2D eigenvalue weighted by molar-refractivity contribution is -0.153. The van der Waals surface area contributed by atoms with E-state index < -0.39 is 17.6 Å². The third-order valence-corrected chi connectivity index (χ3v) is 7.13. The second kappa shape index (κ2) is 11.7. The highest BCUT2D eigenvalue weighted by molar-refractivity contribution is 5.97. The third kappa shape index (κ3) is 5.31. The summed E-state index contributed by atoms with van der Waals surface area (Å²) in [5.74, 6) is -0.744. The largest absolute Gasteiger partial charge is 0.466 e. The molecule has 5 rings (SSSR count). The summed E-state index contributed by atoms with van der Waals surface area (Å²) in [5, 5.41) is 3.44. The molecular weight excluding hydrogens is 504 g/mol. The van der Waals surface area contributed by atoms with Gasteiger partial charge in [-0.25, -0.2) is 14.8 Å². The number of esters is 1. The number of aromatic nitrogens is 2. The van der Waals surface area contributed by atoms with Crippen molar-refractivity contribution in [2.75, 3.05) is 25.1 Å². The number of anilines is 1. The highest BCUT2D eigenvalue weighted by Gasteiger charge is 2.52. The predicted octanol–water partition coefficient (Wildman–Crippen LogP) is 4.14. The number of nitrogens with zero attached hydrogens (tertiary/aromatic N) is 3. The van der Waals surface area contributed by atoms with E-state index in [9.17, 15) is 9.59 Å². The van der Waals surface area contributed by atoms with Crippen LogP contribution in [0.2, 0.25) is 0 Å². The Hall–Kier alpha value is -4.56. The van der Waals surface area contributed by atoms with E-state index in [0.29, 0.717) is 35.6 Å². The summed E-state index contributed by atoms with van der Waals surface area (Å²) in [6.45, 7) is 4.10. The van der Waals surface area contributed by atoms with Gasteiger partial charge in [0.2, 0.25) is 12.0 Å². The second-order valence-electron chi connectivity index (χ2n) is 9.78. The lowest BCUT2D eigenvalue weighted by Gasteiger charge is -2.40. The van der Waals surface area contributed by atoms with Gasteiger partial charge in [0.1, 0.15) is 5.54 Å². The fraction of sp³-hybridized carbons (Fsp3) is 0.250. The normalized spacial score (nSPS) is 17.5. The third-order valence-electron chi connectivity index (χ3n) is 7.13. The Morgan fingerprint density at radius 1 is 0.950 bits per heavy atom. The van der Waals surface area contributed by atoms with Gasteiger partial charge in [0.25, 0.3) is 0 Å². The van der Waals surface area contributed by atoms with E-state index in [1.807, 2.05) is 105 Å². The molecule has 0 fully saturated rings. The van der Waals surface area contributed by atoms with Gasteiger partial charge in [-0.2, -0.15) is 0 Å². The van der Waals surface area contributed by atoms with Crippen molar-refractivity contribution >= 4 is 17.6 Å². The van der Waals surface area contributed by atoms with Crippen LogP contribution >= 0.6 is 0 Å². The van der Waals surface area contributed by atoms with E-state index in [0.717, 1.165) is 11.1 Å². The number of ether oxygens (including phenoxy) is 2. The Balaban J connectivity index is 1.68. The highest BCUT2D eigenvalue weighted by Crippen LogP contribution is 2.42. The second-order valence-corrected chi connectivity index (χ2v) is 9.78. The summed E-state index contributed by atoms with van der Waals surface area (Å²) >= 11 is 0. The van der Waals surface area contributed by atoms with Gasteiger partial charge < -0.3 is 14.4 Å². The van der Waals surface area contributed by atoms with Crippen LogP contribution in [0.15, 0.2) is 91.0 Å². The van der Waals surface area contributed by atoms with E-state index in [1.54, 1.807) is 4.90 Å². The number of methoxy groups -OCH3 is 1. The molecule has 1 N–H and O–H groups in total. The molecule has 204 valence electrons. The number of rotatable bonds is 8. The Morgan fingerprint density at radius 3 is 2.25 bits per heavy atom. The molecule has 0 spiro atoms. The Bertz CT molecular complexity index is 1480. The minimum Gasteiger partial charge on any atom is -0.466 e. The molecule has 1 amide bonds. The van der Waals surface area contributed by atoms with Crippen LogP contribution in [0.5, 0.6) is 6.01 Å². The summed E-state index contributed by atoms with van der Waals surface area (Å²) in [7, 11) is 1.32. The molecule has 2 unspecified atom stereocenters. The van der Waals surface area contributed by atoms with Gasteiger partial charge in [-0.15, -0.1) is 0 Å². The molecule has 0 bridgehead atoms. The lowest BCUT2D eigenvalue weighted by Crippen LogP contribution is -2.59. The molecule has 8 heteroatoms. The Kier molecular flexibility index (Phi) is 7.89. The van der Waals surface area contributed by atoms with E-state index >= 15 is 0 Å². The maximum atomic E-state index is 13.7. The number of fused-ring (bicyclic) bond motifs is 1. The zero-order chi connectivity index (χ0) is 28.1. The molecular formula is C32H32N4O4. The first kappa shape index (κ1) is 27.0. The molecule has 3 aromatic carbocycles. The molecule has 8 nitrogen and oxygen atoms in total. The van der Waals surface area contributed by atoms with Crippen LogP contribution in [0, 0.1) is 13.8 Å². The fourth-order valence-electron chi connectivity index (χ4n) is 5.33. The smallest absolute Gasteiger partial charge is 0.349 e. The number of benzene rings is 3. The van der Waals surface area contributed by atoms with Crippen LogP contribution in [0.25, 0.3) is 0 Å². The van der Waals surface area contributed by atoms with Gasteiger partial charge in [-0.05, 0) is 43.5 Å². The maximum absolute atomic E-state index is 13.7. The van der Waals surface area contributed by atoms with Crippen LogP contribution < -0.4 is 15.0 Å². The average Bonchev–Trinajstić information content (AvgIpc) is 3.09. The van der Waals surface area contributed by atoms with Gasteiger partial charge in [-0.3, -0.25) is 10.1 Å². The number of carbonyl (C=O) groups excluding carboxylic acids is 2. The zero-order valence-corrected chi connectivity index (χ0v) is 22.8. The molecule has 1 aliphatic heterocycles. The number of hydrogen-bond donors (Lipinski definition) is 1. The van der Waals surface area contributed by atoms with Crippen molar-refractivity contribution in [3.63, 3.8) is 0 Å². The van der Waals surface area contributed by atoms with Crippen molar-refractivity contribution in [1.29, 1.82) is 0 Å². The van der Waals surface area contributed by atoms with Crippen LogP contribution in [0.3, 0.4) is 0 Å². The maximum Gasteiger partial charge on any atom is 0.349 e. The predicted molar refractivity (Wildman–Crippen MR) is 152 cm³/mol. The SMILES string of the molecule is COC(=O)C(Oc1nc(C)cc(C)n1)C1(c2ccccc2)NCC(=O)N(CCc2ccccc2)c2ccccc21. The average molecular weight is 537 g/mol. The zero-order valence-electron chi connectivity index (χ0n) is 22.8. The first-order chi connectivity index (χ1) is 19.4. The summed E-state index contributed by atoms with van der Waals surface area (Å²) in [6.07, 6.45) is -0.587. The van der Waals surface area contributed by atoms with Gasteiger partial charge in [0.15, 0.2) is 0 Å². The summed E-state index contributed by atoms with van der Waals surface area (Å²) in [4.78, 5) is 38.0. The lowest BCUT2D eigenvalue weighted by atomic mass is 9.77. The number of nitrogens with one attached hydrogen (secondary N) is 1. The quantitative estimate of drug-likeness (QED) is 0.339. The van der Waals surface area contributed by atoms with Crippen molar-refractivity contribution < 1.29 is 19.1 Å². The van der Waals surface area contributed by atoms with Gasteiger partial charge in [0, 0.05) is 29.2 Å². The van der Waals surface area contributed by atoms with Crippen molar-refractivity contribution in [3.8, 4) is 6.01 Å². The minimum absolute atomic E-state index is 0.0388. The van der Waals surface area contributed by atoms with Gasteiger partial charge in [-0.1, -0.05) is 78.9 Å². The number of hydrogen-bond acceptors (Lipinski definition) is 7. The molecule has 40 heavy (non-hydrogen) atoms. The molecule has 0 radical (unpaired) electrons. The number of para-hydroxylation sites is 1. The van der Waals surface area contributed by atoms with E-state index in [4.69, 9.17) is 9.47 Å². The molecule has 0 saturated heterocycles. The Labute approximate surface area is 234 Å². The van der Waals surface area contributed by atoms with Crippen molar-refractivity contribution in [3.05, 3.63) is 119 Å². The first-order valence-corrected chi connectivity index (χ1v) is 13.2. The van der Waals surface area contributed by atoms with Crippen molar-refractivity contribution in [2.45, 2.75) is 31.9 Å². The molecule has 1 aromatic heterocycles. The van der Waals surface area contributed by atoms with Crippen LogP contribution in [0.1, 0.15) is 28.1 Å². The van der Waals surface area contributed by atoms with Gasteiger partial charge >= 0.3 is 12.0 Å². The summed E-state index contributed by atoms with van der Waals surface area (Å²) < 4.78 is 11.7. The summed E-state index contributed by atoms with van der Waals surface area (Å²) in [5.41, 5.74) is 3.37. The molecule has 0 saturated carbocycles. The summed E-state index contributed by atoms with van der Waals surface area (Å²) in [6, 6.07) is 29.1. The van der Waals surface area contributed by atoms with Crippen LogP contribution in [-0.4, -0.2) is 48.1 Å². The topological polar surface area (TPSA) is 93.6 Å². The van der Waals surface area contributed by atoms with E-state index in [2.05, 4.69) is 15.3 Å². The monoisotopic (exact) mass is 536 g/mol. The van der Waals surface area contributed by atoms with E-state index in [1.165, 1.54) is 7.11 Å². The molecule has 1 aliphatic rings. The number of carbonyl (C=O) groups is 2. The minimum atomic E-state index is -1.30. The highest BCUT2D eigenvalue weighted by atomic mass is 16.6. The number of aryl methyl sites for hydroxylation is 2. The van der Waals surface area contributed by atoms with Gasteiger partial charge in [0.05, 0.1) is 13.7 Å². The first-order valence-electron chi connectivity index (χ1n) is 13.2. The van der Waals surface area contributed by atoms with E-state index in [-0.39, 0.29) is 18.5 Å². The van der Waals surface area contributed by atoms with Crippen LogP contribution in [-0.2, 0) is 26.3 Å². The molecule has 4 aromatic rings. The fourth-order valence-corrected chi connectivity index (χ4v) is 5.33.